The van der Waals surface area contributed by atoms with Gasteiger partial charge in [-0.05, 0) is 43.9 Å². The number of amides is 3. The average molecular weight is 451 g/mol. The topological polar surface area (TPSA) is 117 Å². The Balaban J connectivity index is 1.49. The summed E-state index contributed by atoms with van der Waals surface area (Å²) in [6, 6.07) is 5.61. The van der Waals surface area contributed by atoms with Crippen molar-refractivity contribution in [2.24, 2.45) is 0 Å². The molecule has 3 rings (SSSR count). The summed E-state index contributed by atoms with van der Waals surface area (Å²) < 4.78 is 26.9. The highest BCUT2D eigenvalue weighted by molar-refractivity contribution is 7.90. The molecule has 0 saturated heterocycles. The maximum absolute atomic E-state index is 12.4. The van der Waals surface area contributed by atoms with Crippen molar-refractivity contribution in [1.82, 2.24) is 20.3 Å². The quantitative estimate of drug-likeness (QED) is 0.600. The van der Waals surface area contributed by atoms with Gasteiger partial charge in [-0.2, -0.15) is 0 Å². The Kier molecular flexibility index (Phi) is 7.43. The van der Waals surface area contributed by atoms with Crippen molar-refractivity contribution in [3.05, 3.63) is 45.9 Å². The zero-order chi connectivity index (χ0) is 21.6. The van der Waals surface area contributed by atoms with E-state index >= 15 is 0 Å². The second kappa shape index (κ2) is 10.0. The molecule has 2 aromatic rings. The first kappa shape index (κ1) is 22.2. The molecule has 0 bridgehead atoms. The van der Waals surface area contributed by atoms with Gasteiger partial charge in [-0.15, -0.1) is 11.3 Å². The van der Waals surface area contributed by atoms with Crippen LogP contribution in [0.1, 0.15) is 53.0 Å². The van der Waals surface area contributed by atoms with Gasteiger partial charge in [-0.3, -0.25) is 4.79 Å². The van der Waals surface area contributed by atoms with Gasteiger partial charge >= 0.3 is 6.03 Å². The first-order chi connectivity index (χ1) is 14.3. The van der Waals surface area contributed by atoms with Gasteiger partial charge in [0.1, 0.15) is 4.88 Å². The molecule has 8 nitrogen and oxygen atoms in total. The van der Waals surface area contributed by atoms with Crippen molar-refractivity contribution < 1.29 is 18.0 Å². The van der Waals surface area contributed by atoms with Gasteiger partial charge in [-0.1, -0.05) is 31.4 Å². The minimum absolute atomic E-state index is 0.0226. The SMILES string of the molecule is Cc1ncsc1C(=O)NCCc1ccc(S(=O)(=O)NC(=O)NC2CCCCC2)cc1. The predicted octanol–water partition coefficient (Wildman–Crippen LogP) is 2.74. The Morgan fingerprint density at radius 3 is 2.47 bits per heavy atom. The Labute approximate surface area is 180 Å². The van der Waals surface area contributed by atoms with E-state index < -0.39 is 16.1 Å². The number of aromatic nitrogens is 1. The van der Waals surface area contributed by atoms with Crippen molar-refractivity contribution in [3.63, 3.8) is 0 Å². The van der Waals surface area contributed by atoms with Crippen LogP contribution < -0.4 is 15.4 Å². The molecule has 10 heteroatoms. The molecule has 1 aliphatic carbocycles. The maximum atomic E-state index is 12.4. The van der Waals surface area contributed by atoms with Crippen LogP contribution in [0, 0.1) is 6.92 Å². The summed E-state index contributed by atoms with van der Waals surface area (Å²) >= 11 is 1.29. The minimum atomic E-state index is -3.93. The molecule has 0 atom stereocenters. The second-order valence-electron chi connectivity index (χ2n) is 7.33. The number of benzene rings is 1. The van der Waals surface area contributed by atoms with Crippen LogP contribution in [0.4, 0.5) is 4.79 Å². The van der Waals surface area contributed by atoms with Crippen molar-refractivity contribution in [1.29, 1.82) is 0 Å². The molecular weight excluding hydrogens is 424 g/mol. The zero-order valence-electron chi connectivity index (χ0n) is 16.8. The molecule has 1 saturated carbocycles. The zero-order valence-corrected chi connectivity index (χ0v) is 18.4. The smallest absolute Gasteiger partial charge is 0.328 e. The van der Waals surface area contributed by atoms with Gasteiger partial charge in [0.2, 0.25) is 0 Å². The summed E-state index contributed by atoms with van der Waals surface area (Å²) in [5.74, 6) is -0.164. The first-order valence-corrected chi connectivity index (χ1v) is 12.3. The third kappa shape index (κ3) is 6.02. The number of urea groups is 1. The summed E-state index contributed by atoms with van der Waals surface area (Å²) in [5.41, 5.74) is 3.21. The van der Waals surface area contributed by atoms with E-state index in [0.717, 1.165) is 37.7 Å². The summed E-state index contributed by atoms with van der Waals surface area (Å²) in [5, 5.41) is 5.57. The molecule has 0 unspecified atom stereocenters. The fourth-order valence-electron chi connectivity index (χ4n) is 3.40. The fraction of sp³-hybridized carbons (Fsp3) is 0.450. The summed E-state index contributed by atoms with van der Waals surface area (Å²) in [7, 11) is -3.93. The Hall–Kier alpha value is -2.46. The van der Waals surface area contributed by atoms with E-state index in [9.17, 15) is 18.0 Å². The van der Waals surface area contributed by atoms with E-state index in [1.54, 1.807) is 24.6 Å². The average Bonchev–Trinajstić information content (AvgIpc) is 3.14. The van der Waals surface area contributed by atoms with Crippen molar-refractivity contribution >= 4 is 33.3 Å². The molecule has 1 aromatic heterocycles. The molecule has 1 heterocycles. The molecule has 3 amide bonds. The highest BCUT2D eigenvalue weighted by atomic mass is 32.2. The van der Waals surface area contributed by atoms with E-state index in [4.69, 9.17) is 0 Å². The second-order valence-corrected chi connectivity index (χ2v) is 9.87. The number of carbonyl (C=O) groups excluding carboxylic acids is 2. The van der Waals surface area contributed by atoms with Crippen LogP contribution >= 0.6 is 11.3 Å². The molecular formula is C20H26N4O4S2. The molecule has 1 fully saturated rings. The number of aryl methyl sites for hydroxylation is 1. The number of hydrogen-bond donors (Lipinski definition) is 3. The van der Waals surface area contributed by atoms with Crippen LogP contribution in [-0.4, -0.2) is 37.9 Å². The maximum Gasteiger partial charge on any atom is 0.328 e. The number of rotatable bonds is 7. The van der Waals surface area contributed by atoms with E-state index in [1.807, 2.05) is 0 Å². The number of thiazole rings is 1. The molecule has 0 radical (unpaired) electrons. The molecule has 1 aromatic carbocycles. The molecule has 0 aliphatic heterocycles. The predicted molar refractivity (Wildman–Crippen MR) is 115 cm³/mol. The number of hydrogen-bond acceptors (Lipinski definition) is 6. The van der Waals surface area contributed by atoms with E-state index in [0.29, 0.717) is 23.5 Å². The molecule has 3 N–H and O–H groups in total. The van der Waals surface area contributed by atoms with Crippen LogP contribution in [0.15, 0.2) is 34.7 Å². The monoisotopic (exact) mass is 450 g/mol. The molecule has 0 spiro atoms. The summed E-state index contributed by atoms with van der Waals surface area (Å²) in [6.45, 7) is 2.21. The highest BCUT2D eigenvalue weighted by Crippen LogP contribution is 2.17. The third-order valence-electron chi connectivity index (χ3n) is 5.05. The van der Waals surface area contributed by atoms with Gasteiger partial charge < -0.3 is 10.6 Å². The summed E-state index contributed by atoms with van der Waals surface area (Å²) in [4.78, 5) is 28.8. The van der Waals surface area contributed by atoms with Gasteiger partial charge in [0, 0.05) is 12.6 Å². The van der Waals surface area contributed by atoms with Gasteiger partial charge in [-0.25, -0.2) is 22.9 Å². The van der Waals surface area contributed by atoms with Crippen molar-refractivity contribution in [2.75, 3.05) is 6.54 Å². The standard InChI is InChI=1S/C20H26N4O4S2/c1-14-18(29-13-22-14)19(25)21-12-11-15-7-9-17(10-8-15)30(27,28)24-20(26)23-16-5-3-2-4-6-16/h7-10,13,16H,2-6,11-12H2,1H3,(H,21,25)(H2,23,24,26). The van der Waals surface area contributed by atoms with Crippen LogP contribution in [0.5, 0.6) is 0 Å². The Bertz CT molecular complexity index is 980. The molecule has 162 valence electrons. The molecule has 1 aliphatic rings. The van der Waals surface area contributed by atoms with Crippen LogP contribution in [0.3, 0.4) is 0 Å². The number of sulfonamides is 1. The fourth-order valence-corrected chi connectivity index (χ4v) is 5.03. The Morgan fingerprint density at radius 2 is 1.83 bits per heavy atom. The van der Waals surface area contributed by atoms with Crippen molar-refractivity contribution in [2.45, 2.75) is 56.4 Å². The number of nitrogens with one attached hydrogen (secondary N) is 3. The lowest BCUT2D eigenvalue weighted by molar-refractivity contribution is 0.0957. The number of nitrogens with zero attached hydrogens (tertiary/aromatic N) is 1. The van der Waals surface area contributed by atoms with E-state index in [1.165, 1.54) is 23.5 Å². The van der Waals surface area contributed by atoms with Crippen molar-refractivity contribution in [3.8, 4) is 0 Å². The van der Waals surface area contributed by atoms with Crippen LogP contribution in [-0.2, 0) is 16.4 Å². The van der Waals surface area contributed by atoms with E-state index in [2.05, 4.69) is 20.3 Å². The lowest BCUT2D eigenvalue weighted by atomic mass is 9.96. The highest BCUT2D eigenvalue weighted by Gasteiger charge is 2.21. The van der Waals surface area contributed by atoms with E-state index in [-0.39, 0.29) is 16.8 Å². The van der Waals surface area contributed by atoms with Gasteiger partial charge in [0.25, 0.3) is 15.9 Å². The lowest BCUT2D eigenvalue weighted by Crippen LogP contribution is -2.45. The minimum Gasteiger partial charge on any atom is -0.351 e. The normalized spacial score (nSPS) is 14.8. The summed E-state index contributed by atoms with van der Waals surface area (Å²) in [6.07, 6.45) is 5.55. The lowest BCUT2D eigenvalue weighted by Gasteiger charge is -2.22. The Morgan fingerprint density at radius 1 is 1.13 bits per heavy atom. The van der Waals surface area contributed by atoms with Crippen LogP contribution in [0.2, 0.25) is 0 Å². The third-order valence-corrected chi connectivity index (χ3v) is 7.33. The largest absolute Gasteiger partial charge is 0.351 e. The van der Waals surface area contributed by atoms with Crippen LogP contribution in [0.25, 0.3) is 0 Å². The first-order valence-electron chi connectivity index (χ1n) is 9.96. The molecule has 30 heavy (non-hydrogen) atoms. The van der Waals surface area contributed by atoms with Gasteiger partial charge in [0.05, 0.1) is 16.1 Å². The number of carbonyl (C=O) groups is 2. The van der Waals surface area contributed by atoms with Gasteiger partial charge in [0.15, 0.2) is 0 Å².